The number of ether oxygens (including phenoxy) is 1. The van der Waals surface area contributed by atoms with Crippen molar-refractivity contribution in [1.29, 1.82) is 0 Å². The molecule has 2 aromatic heterocycles. The van der Waals surface area contributed by atoms with Gasteiger partial charge in [-0.2, -0.15) is 10.1 Å². The fourth-order valence-corrected chi connectivity index (χ4v) is 5.71. The van der Waals surface area contributed by atoms with Gasteiger partial charge in [-0.1, -0.05) is 12.1 Å². The summed E-state index contributed by atoms with van der Waals surface area (Å²) in [5.41, 5.74) is 3.21. The molecule has 3 aliphatic rings. The van der Waals surface area contributed by atoms with E-state index < -0.39 is 0 Å². The van der Waals surface area contributed by atoms with Crippen LogP contribution in [0.5, 0.6) is 0 Å². The molecule has 41 heavy (non-hydrogen) atoms. The van der Waals surface area contributed by atoms with E-state index in [0.717, 1.165) is 74.4 Å². The van der Waals surface area contributed by atoms with Gasteiger partial charge in [-0.3, -0.25) is 0 Å². The fourth-order valence-electron chi connectivity index (χ4n) is 5.71. The van der Waals surface area contributed by atoms with Crippen LogP contribution >= 0.6 is 0 Å². The highest BCUT2D eigenvalue weighted by atomic mass is 16.5. The number of hydrogen-bond acceptors (Lipinski definition) is 8. The van der Waals surface area contributed by atoms with Gasteiger partial charge in [0.1, 0.15) is 0 Å². The minimum Gasteiger partial charge on any atom is -0.378 e. The summed E-state index contributed by atoms with van der Waals surface area (Å²) in [5.74, 6) is 0.660. The van der Waals surface area contributed by atoms with E-state index >= 15 is 0 Å². The molecule has 0 saturated carbocycles. The number of piperazine rings is 1. The van der Waals surface area contributed by atoms with Crippen LogP contribution in [0, 0.1) is 0 Å². The lowest BCUT2D eigenvalue weighted by molar-refractivity contribution is 0.108. The number of nitrogens with one attached hydrogen (secondary N) is 2. The molecule has 3 aromatic rings. The normalized spacial score (nSPS) is 19.0. The summed E-state index contributed by atoms with van der Waals surface area (Å²) < 4.78 is 7.60. The monoisotopic (exact) mass is 562 g/mol. The third kappa shape index (κ3) is 5.77. The Hall–Kier alpha value is -3.97. The molecular weight excluding hydrogens is 524 g/mol. The molecule has 0 spiro atoms. The number of hydrogen-bond donors (Lipinski definition) is 2. The zero-order chi connectivity index (χ0) is 28.3. The number of piperidine rings is 1. The Morgan fingerprint density at radius 3 is 2.27 bits per heavy atom. The van der Waals surface area contributed by atoms with Gasteiger partial charge < -0.3 is 35.0 Å². The van der Waals surface area contributed by atoms with Crippen LogP contribution in [0.2, 0.25) is 0 Å². The maximum Gasteiger partial charge on any atom is 0.320 e. The molecule has 3 aliphatic heterocycles. The molecular formula is C28H38N10O3. The lowest BCUT2D eigenvalue weighted by Crippen LogP contribution is -2.53. The summed E-state index contributed by atoms with van der Waals surface area (Å²) in [5, 5.41) is 11.1. The second kappa shape index (κ2) is 11.9. The number of fused-ring (bicyclic) bond motifs is 1. The number of carbonyl (C=O) groups is 2. The highest BCUT2D eigenvalue weighted by Gasteiger charge is 2.30. The van der Waals surface area contributed by atoms with Crippen LogP contribution in [0.1, 0.15) is 18.9 Å². The molecule has 6 rings (SSSR count). The topological polar surface area (TPSA) is 124 Å². The highest BCUT2D eigenvalue weighted by Crippen LogP contribution is 2.33. The SMILES string of the molecule is CNC(=O)Nc1ccc(-c2nc(N3CCOCC3)nc3c2cnn3C2CCN(C(=O)N3CCN(C)CC3)CC2)cc1. The number of benzene rings is 1. The molecule has 218 valence electrons. The molecule has 0 atom stereocenters. The summed E-state index contributed by atoms with van der Waals surface area (Å²) in [7, 11) is 3.68. The van der Waals surface area contributed by atoms with Crippen molar-refractivity contribution in [2.24, 2.45) is 0 Å². The van der Waals surface area contributed by atoms with Crippen LogP contribution in [0.25, 0.3) is 22.3 Å². The van der Waals surface area contributed by atoms with E-state index in [-0.39, 0.29) is 18.1 Å². The van der Waals surface area contributed by atoms with Crippen LogP contribution in [0.15, 0.2) is 30.5 Å². The molecule has 0 unspecified atom stereocenters. The Kier molecular flexibility index (Phi) is 7.88. The van der Waals surface area contributed by atoms with Crippen LogP contribution in [0.3, 0.4) is 0 Å². The molecule has 13 heteroatoms. The Morgan fingerprint density at radius 2 is 1.59 bits per heavy atom. The predicted octanol–water partition coefficient (Wildman–Crippen LogP) is 2.09. The highest BCUT2D eigenvalue weighted by molar-refractivity contribution is 5.93. The van der Waals surface area contributed by atoms with Crippen molar-refractivity contribution in [1.82, 2.24) is 39.8 Å². The molecule has 0 radical (unpaired) electrons. The van der Waals surface area contributed by atoms with E-state index in [1.54, 1.807) is 7.05 Å². The summed E-state index contributed by atoms with van der Waals surface area (Å²) in [6.07, 6.45) is 3.50. The van der Waals surface area contributed by atoms with Crippen LogP contribution < -0.4 is 15.5 Å². The number of nitrogens with zero attached hydrogens (tertiary/aromatic N) is 8. The Balaban J connectivity index is 1.26. The van der Waals surface area contributed by atoms with Gasteiger partial charge in [0.05, 0.1) is 36.5 Å². The molecule has 0 bridgehead atoms. The van der Waals surface area contributed by atoms with Crippen molar-refractivity contribution in [2.75, 3.05) is 89.9 Å². The van der Waals surface area contributed by atoms with E-state index in [1.807, 2.05) is 44.9 Å². The van der Waals surface area contributed by atoms with Gasteiger partial charge in [0, 0.05) is 70.7 Å². The first-order chi connectivity index (χ1) is 20.0. The Morgan fingerprint density at radius 1 is 0.902 bits per heavy atom. The first-order valence-corrected chi connectivity index (χ1v) is 14.4. The minimum absolute atomic E-state index is 0.142. The number of carbonyl (C=O) groups excluding carboxylic acids is 2. The first-order valence-electron chi connectivity index (χ1n) is 14.4. The summed E-state index contributed by atoms with van der Waals surface area (Å²) in [4.78, 5) is 43.3. The van der Waals surface area contributed by atoms with Crippen molar-refractivity contribution >= 4 is 34.7 Å². The zero-order valence-electron chi connectivity index (χ0n) is 23.8. The van der Waals surface area contributed by atoms with E-state index in [0.29, 0.717) is 37.9 Å². The first kappa shape index (κ1) is 27.2. The molecule has 2 N–H and O–H groups in total. The number of amides is 4. The Labute approximate surface area is 239 Å². The number of morpholine rings is 1. The third-order valence-electron chi connectivity index (χ3n) is 8.23. The van der Waals surface area contributed by atoms with Gasteiger partial charge in [0.15, 0.2) is 5.65 Å². The molecule has 0 aliphatic carbocycles. The van der Waals surface area contributed by atoms with Crippen LogP contribution in [-0.2, 0) is 4.74 Å². The van der Waals surface area contributed by atoms with Gasteiger partial charge in [-0.25, -0.2) is 19.3 Å². The Bertz CT molecular complexity index is 1370. The lowest BCUT2D eigenvalue weighted by atomic mass is 10.1. The van der Waals surface area contributed by atoms with Crippen molar-refractivity contribution < 1.29 is 14.3 Å². The van der Waals surface area contributed by atoms with Gasteiger partial charge in [0.25, 0.3) is 0 Å². The van der Waals surface area contributed by atoms with Crippen molar-refractivity contribution in [3.63, 3.8) is 0 Å². The van der Waals surface area contributed by atoms with E-state index in [1.165, 1.54) is 0 Å². The summed E-state index contributed by atoms with van der Waals surface area (Å²) in [6.45, 7) is 7.52. The van der Waals surface area contributed by atoms with Crippen molar-refractivity contribution in [3.05, 3.63) is 30.5 Å². The van der Waals surface area contributed by atoms with E-state index in [9.17, 15) is 9.59 Å². The number of likely N-dealkylation sites (tertiary alicyclic amines) is 1. The second-order valence-electron chi connectivity index (χ2n) is 10.9. The number of aromatic nitrogens is 4. The van der Waals surface area contributed by atoms with E-state index in [2.05, 4.69) is 27.5 Å². The molecule has 13 nitrogen and oxygen atoms in total. The second-order valence-corrected chi connectivity index (χ2v) is 10.9. The van der Waals surface area contributed by atoms with E-state index in [4.69, 9.17) is 19.8 Å². The number of rotatable bonds is 4. The van der Waals surface area contributed by atoms with Gasteiger partial charge in [0.2, 0.25) is 5.95 Å². The standard InChI is InChI=1S/C28H38N10O3/c1-29-27(39)31-21-5-3-20(4-6-21)24-23-19-30-38(25(23)33-26(32-24)35-15-17-41-18-16-35)22-7-9-36(10-8-22)28(40)37-13-11-34(2)12-14-37/h3-6,19,22H,7-18H2,1-2H3,(H2,29,31,39). The lowest BCUT2D eigenvalue weighted by Gasteiger charge is -2.39. The van der Waals surface area contributed by atoms with Gasteiger partial charge in [-0.05, 0) is 32.0 Å². The molecule has 3 saturated heterocycles. The summed E-state index contributed by atoms with van der Waals surface area (Å²) in [6, 6.07) is 7.66. The minimum atomic E-state index is -0.269. The molecule has 4 amide bonds. The molecule has 1 aromatic carbocycles. The van der Waals surface area contributed by atoms with Crippen LogP contribution in [0.4, 0.5) is 21.2 Å². The third-order valence-corrected chi connectivity index (χ3v) is 8.23. The summed E-state index contributed by atoms with van der Waals surface area (Å²) >= 11 is 0. The fraction of sp³-hybridized carbons (Fsp3) is 0.536. The van der Waals surface area contributed by atoms with Gasteiger partial charge in [-0.15, -0.1) is 0 Å². The average Bonchev–Trinajstić information content (AvgIpc) is 3.45. The number of urea groups is 2. The number of anilines is 2. The van der Waals surface area contributed by atoms with Crippen LogP contribution in [-0.4, -0.2) is 126 Å². The predicted molar refractivity (Wildman–Crippen MR) is 156 cm³/mol. The van der Waals surface area contributed by atoms with Gasteiger partial charge >= 0.3 is 12.1 Å². The molecule has 3 fully saturated rings. The maximum atomic E-state index is 13.1. The zero-order valence-corrected chi connectivity index (χ0v) is 23.8. The smallest absolute Gasteiger partial charge is 0.320 e. The average molecular weight is 563 g/mol. The maximum absolute atomic E-state index is 13.1. The van der Waals surface area contributed by atoms with Crippen molar-refractivity contribution in [2.45, 2.75) is 18.9 Å². The van der Waals surface area contributed by atoms with Crippen molar-refractivity contribution in [3.8, 4) is 11.3 Å². The quantitative estimate of drug-likeness (QED) is 0.496. The largest absolute Gasteiger partial charge is 0.378 e. The number of likely N-dealkylation sites (N-methyl/N-ethyl adjacent to an activating group) is 1. The molecule has 5 heterocycles.